The van der Waals surface area contributed by atoms with Gasteiger partial charge in [0.1, 0.15) is 0 Å². The van der Waals surface area contributed by atoms with Gasteiger partial charge < -0.3 is 9.47 Å². The minimum atomic E-state index is -4.06. The molecule has 0 radical (unpaired) electrons. The third-order valence-corrected chi connectivity index (χ3v) is 4.95. The average molecular weight is 322 g/mol. The van der Waals surface area contributed by atoms with Crippen molar-refractivity contribution in [1.82, 2.24) is 0 Å². The van der Waals surface area contributed by atoms with E-state index >= 15 is 0 Å². The summed E-state index contributed by atoms with van der Waals surface area (Å²) >= 11 is 0. The second kappa shape index (κ2) is 5.88. The SMILES string of the molecule is COc1cc(C)c(NS(=O)(=O)N=S(C)(C)=O)cc1OC. The summed E-state index contributed by atoms with van der Waals surface area (Å²) in [5.74, 6) is 0.865. The van der Waals surface area contributed by atoms with Crippen LogP contribution < -0.4 is 14.2 Å². The molecule has 0 aliphatic rings. The molecular weight excluding hydrogens is 304 g/mol. The molecule has 1 N–H and O–H groups in total. The minimum Gasteiger partial charge on any atom is -0.493 e. The number of hydrogen-bond donors (Lipinski definition) is 1. The van der Waals surface area contributed by atoms with Crippen LogP contribution in [0.2, 0.25) is 0 Å². The zero-order chi connectivity index (χ0) is 15.6. The molecule has 0 atom stereocenters. The number of nitrogens with zero attached hydrogens (tertiary/aromatic N) is 1. The van der Waals surface area contributed by atoms with Crippen LogP contribution in [0.15, 0.2) is 15.9 Å². The molecular formula is C11H18N2O5S2. The number of benzene rings is 1. The Bertz CT molecular complexity index is 711. The Morgan fingerprint density at radius 1 is 1.05 bits per heavy atom. The fourth-order valence-electron chi connectivity index (χ4n) is 1.48. The summed E-state index contributed by atoms with van der Waals surface area (Å²) in [7, 11) is -3.90. The molecule has 0 aromatic heterocycles. The van der Waals surface area contributed by atoms with Crippen molar-refractivity contribution in [1.29, 1.82) is 0 Å². The van der Waals surface area contributed by atoms with E-state index in [0.29, 0.717) is 17.1 Å². The lowest BCUT2D eigenvalue weighted by molar-refractivity contribution is 0.355. The maximum atomic E-state index is 11.8. The summed E-state index contributed by atoms with van der Waals surface area (Å²) in [5.41, 5.74) is 0.912. The molecule has 0 aliphatic carbocycles. The Balaban J connectivity index is 3.27. The molecule has 0 aliphatic heterocycles. The highest BCUT2D eigenvalue weighted by Crippen LogP contribution is 2.33. The van der Waals surface area contributed by atoms with Crippen molar-refractivity contribution in [3.8, 4) is 11.5 Å². The summed E-state index contributed by atoms with van der Waals surface area (Å²) in [4.78, 5) is 0. The molecule has 20 heavy (non-hydrogen) atoms. The van der Waals surface area contributed by atoms with Gasteiger partial charge in [-0.05, 0) is 18.6 Å². The van der Waals surface area contributed by atoms with E-state index in [1.165, 1.54) is 32.8 Å². The molecule has 0 amide bonds. The number of hydrogen-bond acceptors (Lipinski definition) is 5. The maximum absolute atomic E-state index is 11.8. The molecule has 0 saturated carbocycles. The quantitative estimate of drug-likeness (QED) is 0.884. The van der Waals surface area contributed by atoms with E-state index in [0.717, 1.165) is 0 Å². The smallest absolute Gasteiger partial charge is 0.350 e. The molecule has 1 rings (SSSR count). The van der Waals surface area contributed by atoms with E-state index < -0.39 is 19.9 Å². The summed E-state index contributed by atoms with van der Waals surface area (Å²) in [5, 5.41) is 0. The Labute approximate surface area is 119 Å². The first-order chi connectivity index (χ1) is 9.08. The molecule has 1 aromatic carbocycles. The Kier molecular flexibility index (Phi) is 4.87. The van der Waals surface area contributed by atoms with Crippen molar-refractivity contribution in [2.75, 3.05) is 31.5 Å². The number of rotatable bonds is 5. The number of aryl methyl sites for hydroxylation is 1. The number of nitrogens with one attached hydrogen (secondary N) is 1. The van der Waals surface area contributed by atoms with Crippen LogP contribution >= 0.6 is 0 Å². The fourth-order valence-corrected chi connectivity index (χ4v) is 4.02. The average Bonchev–Trinajstić information content (AvgIpc) is 2.27. The van der Waals surface area contributed by atoms with Crippen LogP contribution in [0.5, 0.6) is 11.5 Å². The van der Waals surface area contributed by atoms with E-state index in [2.05, 4.69) is 8.49 Å². The standard InChI is InChI=1S/C11H18N2O5S2/c1-8-6-10(17-2)11(18-3)7-9(8)12-20(15,16)13-19(4,5)14/h6-7,12H,1-5H3. The van der Waals surface area contributed by atoms with E-state index in [4.69, 9.17) is 9.47 Å². The van der Waals surface area contributed by atoms with Crippen LogP contribution in [0.1, 0.15) is 5.56 Å². The van der Waals surface area contributed by atoms with Crippen molar-refractivity contribution < 1.29 is 22.1 Å². The molecule has 0 unspecified atom stereocenters. The minimum absolute atomic E-state index is 0.287. The van der Waals surface area contributed by atoms with Gasteiger partial charge in [-0.2, -0.15) is 8.42 Å². The topological polar surface area (TPSA) is 94.1 Å². The van der Waals surface area contributed by atoms with E-state index in [1.807, 2.05) is 0 Å². The first kappa shape index (κ1) is 16.6. The fraction of sp³-hybridized carbons (Fsp3) is 0.455. The van der Waals surface area contributed by atoms with Crippen LogP contribution in [-0.2, 0) is 19.9 Å². The first-order valence-corrected chi connectivity index (χ1v) is 9.29. The lowest BCUT2D eigenvalue weighted by atomic mass is 10.2. The monoisotopic (exact) mass is 322 g/mol. The molecule has 1 aromatic rings. The highest BCUT2D eigenvalue weighted by atomic mass is 32.3. The summed E-state index contributed by atoms with van der Waals surface area (Å²) in [6, 6.07) is 3.11. The molecule has 0 spiro atoms. The molecule has 0 heterocycles. The number of ether oxygens (including phenoxy) is 2. The maximum Gasteiger partial charge on any atom is 0.350 e. The van der Waals surface area contributed by atoms with Gasteiger partial charge in [0.2, 0.25) is 0 Å². The van der Waals surface area contributed by atoms with Crippen LogP contribution in [-0.4, -0.2) is 39.4 Å². The Hall–Kier alpha value is -1.48. The van der Waals surface area contributed by atoms with Crippen molar-refractivity contribution in [3.05, 3.63) is 17.7 Å². The zero-order valence-electron chi connectivity index (χ0n) is 12.0. The lowest BCUT2D eigenvalue weighted by Gasteiger charge is -2.13. The molecule has 0 fully saturated rings. The summed E-state index contributed by atoms with van der Waals surface area (Å²) in [6.45, 7) is 1.70. The van der Waals surface area contributed by atoms with Crippen LogP contribution in [0, 0.1) is 6.92 Å². The summed E-state index contributed by atoms with van der Waals surface area (Å²) < 4.78 is 50.8. The van der Waals surface area contributed by atoms with Gasteiger partial charge in [-0.1, -0.05) is 3.77 Å². The van der Waals surface area contributed by atoms with Gasteiger partial charge in [0.25, 0.3) is 0 Å². The second-order valence-electron chi connectivity index (χ2n) is 4.36. The Morgan fingerprint density at radius 2 is 1.55 bits per heavy atom. The third kappa shape index (κ3) is 4.57. The van der Waals surface area contributed by atoms with Gasteiger partial charge in [0.05, 0.1) is 29.6 Å². The van der Waals surface area contributed by atoms with E-state index in [1.54, 1.807) is 13.0 Å². The largest absolute Gasteiger partial charge is 0.493 e. The molecule has 9 heteroatoms. The van der Waals surface area contributed by atoms with Crippen molar-refractivity contribution in [3.63, 3.8) is 0 Å². The predicted octanol–water partition coefficient (Wildman–Crippen LogP) is 1.40. The lowest BCUT2D eigenvalue weighted by Crippen LogP contribution is -2.13. The molecule has 114 valence electrons. The normalized spacial score (nSPS) is 11.8. The van der Waals surface area contributed by atoms with Gasteiger partial charge in [-0.15, -0.1) is 0 Å². The molecule has 0 saturated heterocycles. The van der Waals surface area contributed by atoms with Crippen molar-refractivity contribution >= 4 is 25.6 Å². The second-order valence-corrected chi connectivity index (χ2v) is 8.47. The first-order valence-electron chi connectivity index (χ1n) is 5.52. The van der Waals surface area contributed by atoms with Gasteiger partial charge in [0, 0.05) is 18.6 Å². The van der Waals surface area contributed by atoms with Gasteiger partial charge in [0.15, 0.2) is 11.5 Å². The van der Waals surface area contributed by atoms with Gasteiger partial charge in [-0.3, -0.25) is 4.72 Å². The zero-order valence-corrected chi connectivity index (χ0v) is 13.6. The highest BCUT2D eigenvalue weighted by Gasteiger charge is 2.15. The van der Waals surface area contributed by atoms with Crippen LogP contribution in [0.3, 0.4) is 0 Å². The predicted molar refractivity (Wildman–Crippen MR) is 79.2 cm³/mol. The van der Waals surface area contributed by atoms with E-state index in [-0.39, 0.29) is 5.69 Å². The highest BCUT2D eigenvalue weighted by molar-refractivity contribution is 8.03. The number of anilines is 1. The van der Waals surface area contributed by atoms with Gasteiger partial charge >= 0.3 is 10.2 Å². The molecule has 0 bridgehead atoms. The molecule has 7 nitrogen and oxygen atoms in total. The van der Waals surface area contributed by atoms with Crippen molar-refractivity contribution in [2.24, 2.45) is 3.77 Å². The van der Waals surface area contributed by atoms with Gasteiger partial charge in [-0.25, -0.2) is 4.21 Å². The number of methoxy groups -OCH3 is 2. The van der Waals surface area contributed by atoms with E-state index in [9.17, 15) is 12.6 Å². The Morgan fingerprint density at radius 3 is 2.00 bits per heavy atom. The van der Waals surface area contributed by atoms with Crippen LogP contribution in [0.25, 0.3) is 0 Å². The van der Waals surface area contributed by atoms with Crippen LogP contribution in [0.4, 0.5) is 5.69 Å². The van der Waals surface area contributed by atoms with Crippen molar-refractivity contribution in [2.45, 2.75) is 6.92 Å². The third-order valence-electron chi connectivity index (χ3n) is 2.25. The summed E-state index contributed by atoms with van der Waals surface area (Å²) in [6.07, 6.45) is 2.49.